The van der Waals surface area contributed by atoms with Crippen LogP contribution in [0.4, 0.5) is 0 Å². The van der Waals surface area contributed by atoms with Crippen molar-refractivity contribution in [2.24, 2.45) is 7.05 Å². The van der Waals surface area contributed by atoms with Gasteiger partial charge >= 0.3 is 0 Å². The molecule has 29 heavy (non-hydrogen) atoms. The molecule has 0 unspecified atom stereocenters. The molecule has 5 rings (SSSR count). The van der Waals surface area contributed by atoms with Gasteiger partial charge in [-0.1, -0.05) is 6.07 Å². The average molecular weight is 383 g/mol. The lowest BCUT2D eigenvalue weighted by atomic mass is 10.00. The van der Waals surface area contributed by atoms with E-state index in [4.69, 9.17) is 5.10 Å². The number of aryl methyl sites for hydroxylation is 2. The lowest BCUT2D eigenvalue weighted by molar-refractivity contribution is 0.0732. The van der Waals surface area contributed by atoms with Crippen LogP contribution in [-0.2, 0) is 20.0 Å². The Bertz CT molecular complexity index is 1230. The number of pyridine rings is 2. The van der Waals surface area contributed by atoms with Crippen LogP contribution >= 0.6 is 0 Å². The summed E-state index contributed by atoms with van der Waals surface area (Å²) in [6.07, 6.45) is 4.44. The third-order valence-electron chi connectivity index (χ3n) is 5.52. The van der Waals surface area contributed by atoms with E-state index in [1.165, 1.54) is 5.56 Å². The number of nitrogens with zero attached hydrogens (tertiary/aromatic N) is 5. The zero-order valence-corrected chi connectivity index (χ0v) is 16.5. The number of hydrogen-bond donors (Lipinski definition) is 0. The van der Waals surface area contributed by atoms with E-state index in [2.05, 4.69) is 16.0 Å². The number of rotatable bonds is 2. The molecule has 4 heterocycles. The molecular formula is C23H21N5O. The van der Waals surface area contributed by atoms with E-state index >= 15 is 0 Å². The minimum Gasteiger partial charge on any atom is -0.332 e. The molecular weight excluding hydrogens is 362 g/mol. The van der Waals surface area contributed by atoms with Crippen LogP contribution in [0.5, 0.6) is 0 Å². The molecule has 6 nitrogen and oxygen atoms in total. The molecule has 0 radical (unpaired) electrons. The molecule has 0 spiro atoms. The third-order valence-corrected chi connectivity index (χ3v) is 5.52. The fraction of sp³-hybridized carbons (Fsp3) is 0.217. The molecule has 4 aromatic rings. The van der Waals surface area contributed by atoms with Crippen LogP contribution < -0.4 is 0 Å². The monoisotopic (exact) mass is 383 g/mol. The Morgan fingerprint density at radius 1 is 1.10 bits per heavy atom. The van der Waals surface area contributed by atoms with E-state index < -0.39 is 0 Å². The molecule has 1 amide bonds. The van der Waals surface area contributed by atoms with Crippen molar-refractivity contribution in [3.05, 3.63) is 77.4 Å². The van der Waals surface area contributed by atoms with Gasteiger partial charge in [-0.2, -0.15) is 5.10 Å². The van der Waals surface area contributed by atoms with Gasteiger partial charge in [0.05, 0.1) is 23.4 Å². The maximum absolute atomic E-state index is 13.1. The summed E-state index contributed by atoms with van der Waals surface area (Å²) in [5.74, 6) is 0.0330. The Hall–Kier alpha value is -3.54. The Kier molecular flexibility index (Phi) is 4.12. The van der Waals surface area contributed by atoms with E-state index in [0.717, 1.165) is 40.0 Å². The molecule has 0 bridgehead atoms. The Balaban J connectivity index is 1.44. The number of amides is 1. The second-order valence-corrected chi connectivity index (χ2v) is 7.47. The fourth-order valence-electron chi connectivity index (χ4n) is 4.05. The van der Waals surface area contributed by atoms with Crippen LogP contribution in [0.15, 0.2) is 54.9 Å². The Morgan fingerprint density at radius 2 is 2.00 bits per heavy atom. The van der Waals surface area contributed by atoms with Gasteiger partial charge < -0.3 is 4.90 Å². The number of hydrogen-bond acceptors (Lipinski definition) is 4. The van der Waals surface area contributed by atoms with E-state index in [-0.39, 0.29) is 5.91 Å². The van der Waals surface area contributed by atoms with Gasteiger partial charge in [0.15, 0.2) is 0 Å². The topological polar surface area (TPSA) is 63.9 Å². The van der Waals surface area contributed by atoms with Crippen molar-refractivity contribution in [1.82, 2.24) is 24.6 Å². The van der Waals surface area contributed by atoms with E-state index in [9.17, 15) is 4.79 Å². The van der Waals surface area contributed by atoms with Crippen LogP contribution in [-0.4, -0.2) is 37.1 Å². The van der Waals surface area contributed by atoms with Gasteiger partial charge in [-0.3, -0.25) is 19.4 Å². The van der Waals surface area contributed by atoms with Crippen LogP contribution in [0.1, 0.15) is 27.3 Å². The van der Waals surface area contributed by atoms with Gasteiger partial charge in [-0.25, -0.2) is 0 Å². The normalized spacial score (nSPS) is 13.5. The van der Waals surface area contributed by atoms with Gasteiger partial charge in [-0.15, -0.1) is 0 Å². The van der Waals surface area contributed by atoms with Crippen molar-refractivity contribution in [3.63, 3.8) is 0 Å². The minimum absolute atomic E-state index is 0.0330. The maximum atomic E-state index is 13.1. The van der Waals surface area contributed by atoms with Crippen molar-refractivity contribution in [3.8, 4) is 11.3 Å². The minimum atomic E-state index is 0.0330. The van der Waals surface area contributed by atoms with Gasteiger partial charge in [-0.05, 0) is 49.7 Å². The first-order valence-electron chi connectivity index (χ1n) is 9.72. The van der Waals surface area contributed by atoms with Crippen molar-refractivity contribution >= 4 is 16.8 Å². The summed E-state index contributed by atoms with van der Waals surface area (Å²) in [4.78, 5) is 23.7. The van der Waals surface area contributed by atoms with Crippen LogP contribution in [0, 0.1) is 6.92 Å². The Morgan fingerprint density at radius 3 is 2.83 bits per heavy atom. The molecule has 0 N–H and O–H groups in total. The molecule has 6 heteroatoms. The molecule has 0 saturated carbocycles. The number of carbonyl (C=O) groups is 1. The molecule has 1 aliphatic rings. The number of fused-ring (bicyclic) bond motifs is 2. The van der Waals surface area contributed by atoms with Crippen molar-refractivity contribution in [2.75, 3.05) is 6.54 Å². The predicted octanol–water partition coefficient (Wildman–Crippen LogP) is 3.54. The lowest BCUT2D eigenvalue weighted by Crippen LogP contribution is -2.36. The highest BCUT2D eigenvalue weighted by Crippen LogP contribution is 2.30. The standard InChI is InChI=1S/C23H21N5O/c1-15-5-6-18(13-25-15)22-19-9-11-28(14-21(19)26-27(22)2)23(29)17-7-8-20-16(12-17)4-3-10-24-20/h3-8,10,12-13H,9,11,14H2,1-2H3. The summed E-state index contributed by atoms with van der Waals surface area (Å²) < 4.78 is 1.91. The zero-order valence-electron chi connectivity index (χ0n) is 16.5. The first kappa shape index (κ1) is 17.6. The highest BCUT2D eigenvalue weighted by molar-refractivity contribution is 5.98. The predicted molar refractivity (Wildman–Crippen MR) is 111 cm³/mol. The largest absolute Gasteiger partial charge is 0.332 e. The highest BCUT2D eigenvalue weighted by atomic mass is 16.2. The van der Waals surface area contributed by atoms with Gasteiger partial charge in [0.25, 0.3) is 5.91 Å². The van der Waals surface area contributed by atoms with Gasteiger partial charge in [0.1, 0.15) is 0 Å². The van der Waals surface area contributed by atoms with E-state index in [1.54, 1.807) is 6.20 Å². The van der Waals surface area contributed by atoms with Crippen molar-refractivity contribution in [1.29, 1.82) is 0 Å². The Labute approximate surface area is 168 Å². The smallest absolute Gasteiger partial charge is 0.254 e. The number of carbonyl (C=O) groups excluding carboxylic acids is 1. The molecule has 0 atom stereocenters. The zero-order chi connectivity index (χ0) is 20.0. The molecule has 1 aromatic carbocycles. The van der Waals surface area contributed by atoms with Crippen LogP contribution in [0.25, 0.3) is 22.2 Å². The lowest BCUT2D eigenvalue weighted by Gasteiger charge is -2.26. The molecule has 0 saturated heterocycles. The molecule has 0 fully saturated rings. The fourth-order valence-corrected chi connectivity index (χ4v) is 4.05. The maximum Gasteiger partial charge on any atom is 0.254 e. The highest BCUT2D eigenvalue weighted by Gasteiger charge is 2.27. The SMILES string of the molecule is Cc1ccc(-c2c3c(nn2C)CN(C(=O)c2ccc4ncccc4c2)CC3)cn1. The summed E-state index contributed by atoms with van der Waals surface area (Å²) in [5, 5.41) is 5.69. The first-order valence-corrected chi connectivity index (χ1v) is 9.72. The third kappa shape index (κ3) is 3.06. The summed E-state index contributed by atoms with van der Waals surface area (Å²) >= 11 is 0. The molecule has 144 valence electrons. The summed E-state index contributed by atoms with van der Waals surface area (Å²) in [5.41, 5.74) is 6.91. The van der Waals surface area contributed by atoms with E-state index in [1.807, 2.05) is 66.1 Å². The summed E-state index contributed by atoms with van der Waals surface area (Å²) in [6, 6.07) is 13.6. The van der Waals surface area contributed by atoms with Crippen LogP contribution in [0.2, 0.25) is 0 Å². The number of benzene rings is 1. The first-order chi connectivity index (χ1) is 14.1. The van der Waals surface area contributed by atoms with Gasteiger partial charge in [0.2, 0.25) is 0 Å². The second-order valence-electron chi connectivity index (χ2n) is 7.47. The average Bonchev–Trinajstić information content (AvgIpc) is 3.08. The number of aromatic nitrogens is 4. The van der Waals surface area contributed by atoms with E-state index in [0.29, 0.717) is 18.7 Å². The van der Waals surface area contributed by atoms with Crippen molar-refractivity contribution < 1.29 is 4.79 Å². The molecule has 3 aromatic heterocycles. The van der Waals surface area contributed by atoms with Crippen molar-refractivity contribution in [2.45, 2.75) is 19.9 Å². The molecule has 1 aliphatic heterocycles. The second kappa shape index (κ2) is 6.81. The van der Waals surface area contributed by atoms with Crippen LogP contribution in [0.3, 0.4) is 0 Å². The summed E-state index contributed by atoms with van der Waals surface area (Å²) in [7, 11) is 1.95. The molecule has 0 aliphatic carbocycles. The summed E-state index contributed by atoms with van der Waals surface area (Å²) in [6.45, 7) is 3.18. The quantitative estimate of drug-likeness (QED) is 0.531. The van der Waals surface area contributed by atoms with Gasteiger partial charge in [0, 0.05) is 53.8 Å².